The number of aromatic nitrogens is 1. The molecule has 8 rings (SSSR count). The SMILES string of the molecule is CC1=C(C(=O)OC(c2ccccc2)c2ccccc2)N2C(=O)[C@@H](NC(=O)/C(=N\OC(c3ccccc3)(c3ccccc3)c3ccccc3)c3csc(NC(=O)OC(C)(C)C)n3)[C@H]2SC1. The van der Waals surface area contributed by atoms with Crippen molar-refractivity contribution >= 4 is 57.8 Å². The van der Waals surface area contributed by atoms with Gasteiger partial charge < -0.3 is 19.6 Å². The number of anilines is 1. The molecule has 12 nitrogen and oxygen atoms in total. The predicted molar refractivity (Wildman–Crippen MR) is 247 cm³/mol. The summed E-state index contributed by atoms with van der Waals surface area (Å²) in [5.74, 6) is -1.50. The molecule has 0 saturated carbocycles. The number of carbonyl (C=O) groups is 4. The van der Waals surface area contributed by atoms with E-state index in [1.54, 1.807) is 33.1 Å². The number of thiazole rings is 1. The van der Waals surface area contributed by atoms with Gasteiger partial charge in [-0.25, -0.2) is 14.6 Å². The molecule has 1 aromatic heterocycles. The molecule has 0 aliphatic carbocycles. The lowest BCUT2D eigenvalue weighted by atomic mass is 9.80. The van der Waals surface area contributed by atoms with Crippen LogP contribution in [0.1, 0.15) is 67.3 Å². The van der Waals surface area contributed by atoms with Crippen LogP contribution in [0.25, 0.3) is 0 Å². The molecule has 64 heavy (non-hydrogen) atoms. The Kier molecular flexibility index (Phi) is 12.8. The van der Waals surface area contributed by atoms with Crippen molar-refractivity contribution in [3.8, 4) is 0 Å². The molecule has 1 saturated heterocycles. The zero-order valence-electron chi connectivity index (χ0n) is 35.5. The van der Waals surface area contributed by atoms with Crippen molar-refractivity contribution < 1.29 is 33.5 Å². The van der Waals surface area contributed by atoms with Gasteiger partial charge in [0.05, 0.1) is 0 Å². The zero-order valence-corrected chi connectivity index (χ0v) is 37.1. The molecule has 2 N–H and O–H groups in total. The molecule has 1 fully saturated rings. The van der Waals surface area contributed by atoms with Crippen LogP contribution in [0.15, 0.2) is 173 Å². The van der Waals surface area contributed by atoms with Crippen molar-refractivity contribution in [1.29, 1.82) is 0 Å². The number of β-lactam (4-membered cyclic amide) rings is 1. The van der Waals surface area contributed by atoms with E-state index in [1.807, 2.05) is 152 Å². The number of nitrogens with zero attached hydrogens (tertiary/aromatic N) is 3. The second-order valence-corrected chi connectivity index (χ2v) is 18.0. The molecule has 2 aliphatic rings. The number of thioether (sulfide) groups is 1. The van der Waals surface area contributed by atoms with Gasteiger partial charge in [-0.05, 0) is 44.4 Å². The first-order chi connectivity index (χ1) is 30.9. The fraction of sp³-hybridized carbons (Fsp3) is 0.200. The molecule has 3 amide bonds. The van der Waals surface area contributed by atoms with Crippen molar-refractivity contribution in [3.05, 3.63) is 202 Å². The maximum atomic E-state index is 14.7. The average Bonchev–Trinajstić information content (AvgIpc) is 3.77. The predicted octanol–water partition coefficient (Wildman–Crippen LogP) is 9.21. The average molecular weight is 892 g/mol. The molecular formula is C50H45N5O7S2. The molecule has 2 atom stereocenters. The van der Waals surface area contributed by atoms with Crippen LogP contribution in [0.3, 0.4) is 0 Å². The number of benzene rings is 5. The third-order valence-electron chi connectivity index (χ3n) is 10.5. The lowest BCUT2D eigenvalue weighted by molar-refractivity contribution is -0.154. The molecule has 0 spiro atoms. The Morgan fingerprint density at radius 3 is 1.77 bits per heavy atom. The maximum absolute atomic E-state index is 14.7. The van der Waals surface area contributed by atoms with Crippen LogP contribution in [0, 0.1) is 0 Å². The quantitative estimate of drug-likeness (QED) is 0.0381. The highest BCUT2D eigenvalue weighted by molar-refractivity contribution is 8.00. The Morgan fingerprint density at radius 2 is 1.27 bits per heavy atom. The van der Waals surface area contributed by atoms with Crippen LogP contribution in [0.5, 0.6) is 0 Å². The molecule has 0 bridgehead atoms. The van der Waals surface area contributed by atoms with Gasteiger partial charge in [-0.3, -0.25) is 19.8 Å². The monoisotopic (exact) mass is 891 g/mol. The number of esters is 1. The van der Waals surface area contributed by atoms with Gasteiger partial charge in [-0.15, -0.1) is 23.1 Å². The van der Waals surface area contributed by atoms with Crippen LogP contribution in [0.2, 0.25) is 0 Å². The summed E-state index contributed by atoms with van der Waals surface area (Å²) in [5.41, 5.74) is 2.25. The molecule has 5 aromatic carbocycles. The van der Waals surface area contributed by atoms with E-state index in [1.165, 1.54) is 16.7 Å². The fourth-order valence-electron chi connectivity index (χ4n) is 7.55. The largest absolute Gasteiger partial charge is 0.448 e. The highest BCUT2D eigenvalue weighted by Crippen LogP contribution is 2.43. The molecule has 3 heterocycles. The Hall–Kier alpha value is -7.03. The van der Waals surface area contributed by atoms with Crippen molar-refractivity contribution in [2.45, 2.75) is 56.4 Å². The van der Waals surface area contributed by atoms with Gasteiger partial charge in [-0.1, -0.05) is 157 Å². The fourth-order valence-corrected chi connectivity index (χ4v) is 9.52. The molecule has 324 valence electrons. The van der Waals surface area contributed by atoms with Gasteiger partial charge in [0.25, 0.3) is 11.8 Å². The van der Waals surface area contributed by atoms with Crippen molar-refractivity contribution in [2.75, 3.05) is 11.1 Å². The van der Waals surface area contributed by atoms with Crippen LogP contribution in [0.4, 0.5) is 9.93 Å². The van der Waals surface area contributed by atoms with Crippen molar-refractivity contribution in [2.24, 2.45) is 5.16 Å². The second kappa shape index (κ2) is 18.8. The van der Waals surface area contributed by atoms with E-state index in [-0.39, 0.29) is 22.2 Å². The summed E-state index contributed by atoms with van der Waals surface area (Å²) in [6.07, 6.45) is -1.45. The summed E-state index contributed by atoms with van der Waals surface area (Å²) in [7, 11) is 0. The minimum absolute atomic E-state index is 0.0736. The molecule has 14 heteroatoms. The summed E-state index contributed by atoms with van der Waals surface area (Å²) < 4.78 is 11.6. The normalized spacial score (nSPS) is 16.4. The summed E-state index contributed by atoms with van der Waals surface area (Å²) in [4.78, 5) is 68.5. The minimum Gasteiger partial charge on any atom is -0.448 e. The van der Waals surface area contributed by atoms with E-state index >= 15 is 0 Å². The number of oxime groups is 1. The van der Waals surface area contributed by atoms with Gasteiger partial charge in [-0.2, -0.15) is 0 Å². The van der Waals surface area contributed by atoms with E-state index in [2.05, 4.69) is 20.8 Å². The standard InChI is InChI=1S/C50H45N5O7S2/c1-32-30-63-45-40(44(57)55(45)41(32)46(58)60-42(33-20-10-5-11-21-33)34-22-12-6-13-23-34)52-43(56)39(38-31-64-47(51-38)53-48(59)61-49(2,3)4)54-62-50(35-24-14-7-15-25-35,36-26-16-8-17-27-36)37-28-18-9-19-29-37/h5-29,31,40,42,45H,30H2,1-4H3,(H,52,56)(H,51,53,59)/b54-39-/t40-,45-/m1/s1. The smallest absolute Gasteiger partial charge is 0.413 e. The number of nitrogens with one attached hydrogen (secondary N) is 2. The number of hydrogen-bond acceptors (Lipinski definition) is 11. The molecule has 2 aliphatic heterocycles. The van der Waals surface area contributed by atoms with E-state index in [9.17, 15) is 19.2 Å². The first-order valence-electron chi connectivity index (χ1n) is 20.6. The summed E-state index contributed by atoms with van der Waals surface area (Å²) in [6, 6.07) is 46.4. The highest BCUT2D eigenvalue weighted by atomic mass is 32.2. The number of ether oxygens (including phenoxy) is 2. The molecule has 0 unspecified atom stereocenters. The van der Waals surface area contributed by atoms with Gasteiger partial charge >= 0.3 is 12.1 Å². The second-order valence-electron chi connectivity index (χ2n) is 16.1. The molecular weight excluding hydrogens is 847 g/mol. The number of amides is 3. The van der Waals surface area contributed by atoms with Crippen LogP contribution >= 0.6 is 23.1 Å². The number of fused-ring (bicyclic) bond motifs is 1. The lowest BCUT2D eigenvalue weighted by Crippen LogP contribution is -2.71. The first-order valence-corrected chi connectivity index (χ1v) is 22.5. The van der Waals surface area contributed by atoms with E-state index in [0.29, 0.717) is 11.3 Å². The Labute approximate surface area is 379 Å². The third kappa shape index (κ3) is 9.19. The van der Waals surface area contributed by atoms with Gasteiger partial charge in [0.15, 0.2) is 16.9 Å². The summed E-state index contributed by atoms with van der Waals surface area (Å²) >= 11 is 2.48. The van der Waals surface area contributed by atoms with E-state index in [0.717, 1.165) is 39.2 Å². The van der Waals surface area contributed by atoms with Crippen LogP contribution < -0.4 is 10.6 Å². The van der Waals surface area contributed by atoms with E-state index < -0.39 is 52.6 Å². The zero-order chi connectivity index (χ0) is 44.8. The Balaban J connectivity index is 1.12. The number of carbonyl (C=O) groups excluding carboxylic acids is 4. The third-order valence-corrected chi connectivity index (χ3v) is 12.6. The lowest BCUT2D eigenvalue weighted by Gasteiger charge is -2.49. The topological polar surface area (TPSA) is 149 Å². The molecule has 6 aromatic rings. The molecule has 0 radical (unpaired) electrons. The summed E-state index contributed by atoms with van der Waals surface area (Å²) in [6.45, 7) is 7.03. The first kappa shape index (κ1) is 43.6. The van der Waals surface area contributed by atoms with Gasteiger partial charge in [0.2, 0.25) is 5.60 Å². The van der Waals surface area contributed by atoms with Crippen molar-refractivity contribution in [1.82, 2.24) is 15.2 Å². The van der Waals surface area contributed by atoms with Gasteiger partial charge in [0.1, 0.15) is 28.4 Å². The summed E-state index contributed by atoms with van der Waals surface area (Å²) in [5, 5.41) is 11.2. The van der Waals surface area contributed by atoms with Gasteiger partial charge in [0, 0.05) is 27.8 Å². The number of rotatable bonds is 13. The maximum Gasteiger partial charge on any atom is 0.413 e. The van der Waals surface area contributed by atoms with Crippen LogP contribution in [-0.4, -0.2) is 62.2 Å². The minimum atomic E-state index is -1.36. The Bertz CT molecular complexity index is 2550. The Morgan fingerprint density at radius 1 is 0.766 bits per heavy atom. The highest BCUT2D eigenvalue weighted by Gasteiger charge is 2.54. The van der Waals surface area contributed by atoms with E-state index in [4.69, 9.17) is 14.3 Å². The van der Waals surface area contributed by atoms with Crippen LogP contribution in [-0.2, 0) is 34.3 Å². The number of hydrogen-bond donors (Lipinski definition) is 2. The van der Waals surface area contributed by atoms with Crippen molar-refractivity contribution in [3.63, 3.8) is 0 Å².